The smallest absolute Gasteiger partial charge is 0.0743 e. The molecule has 1 heterocycles. The molecule has 0 aliphatic carbocycles. The minimum Gasteiger partial charge on any atom is -0.325 e. The molecule has 66 valence electrons. The van der Waals surface area contributed by atoms with Crippen LogP contribution in [-0.2, 0) is 0 Å². The van der Waals surface area contributed by atoms with Crippen LogP contribution in [0.4, 0.5) is 5.69 Å². The van der Waals surface area contributed by atoms with E-state index < -0.39 is 0 Å². The van der Waals surface area contributed by atoms with Gasteiger partial charge in [-0.2, -0.15) is 5.10 Å². The lowest BCUT2D eigenvalue weighted by molar-refractivity contribution is 1.26. The standard InChI is InChI=1S/C10H11N3/c11-7-9-6-5-8-3-1-2-4-10(8)13-12-9/h1-6,13H,7,11H2. The predicted octanol–water partition coefficient (Wildman–Crippen LogP) is 1.44. The molecule has 2 rings (SSSR count). The molecule has 0 unspecified atom stereocenters. The Hall–Kier alpha value is -1.61. The average Bonchev–Trinajstić information content (AvgIpc) is 2.39. The SMILES string of the molecule is NCC1=NNc2ccccc2C=C1. The number of hydrogen-bond acceptors (Lipinski definition) is 3. The van der Waals surface area contributed by atoms with Crippen LogP contribution in [0.25, 0.3) is 6.08 Å². The molecular formula is C10H11N3. The van der Waals surface area contributed by atoms with Gasteiger partial charge in [0.15, 0.2) is 0 Å². The fourth-order valence-electron chi connectivity index (χ4n) is 1.21. The van der Waals surface area contributed by atoms with Crippen LogP contribution in [0, 0.1) is 0 Å². The van der Waals surface area contributed by atoms with Gasteiger partial charge in [-0.3, -0.25) is 5.43 Å². The van der Waals surface area contributed by atoms with Gasteiger partial charge in [0.25, 0.3) is 0 Å². The third kappa shape index (κ3) is 1.60. The number of nitrogens with two attached hydrogens (primary N) is 1. The van der Waals surface area contributed by atoms with E-state index in [0.29, 0.717) is 6.54 Å². The van der Waals surface area contributed by atoms with Crippen LogP contribution in [0.3, 0.4) is 0 Å². The van der Waals surface area contributed by atoms with Crippen LogP contribution >= 0.6 is 0 Å². The molecule has 0 aromatic heterocycles. The topological polar surface area (TPSA) is 50.4 Å². The number of nitrogens with zero attached hydrogens (tertiary/aromatic N) is 1. The number of hydrogen-bond donors (Lipinski definition) is 2. The highest BCUT2D eigenvalue weighted by Crippen LogP contribution is 2.18. The molecule has 1 aliphatic rings. The highest BCUT2D eigenvalue weighted by atomic mass is 15.3. The van der Waals surface area contributed by atoms with Gasteiger partial charge in [-0.05, 0) is 17.7 Å². The van der Waals surface area contributed by atoms with Crippen molar-refractivity contribution in [3.63, 3.8) is 0 Å². The van der Waals surface area contributed by atoms with Gasteiger partial charge in [-0.25, -0.2) is 0 Å². The Morgan fingerprint density at radius 1 is 1.23 bits per heavy atom. The second-order valence-electron chi connectivity index (χ2n) is 2.84. The molecule has 1 aromatic rings. The molecule has 0 bridgehead atoms. The van der Waals surface area contributed by atoms with Gasteiger partial charge in [-0.15, -0.1) is 0 Å². The number of benzene rings is 1. The molecule has 1 aliphatic heterocycles. The maximum absolute atomic E-state index is 5.49. The second-order valence-corrected chi connectivity index (χ2v) is 2.84. The average molecular weight is 173 g/mol. The molecule has 0 amide bonds. The van der Waals surface area contributed by atoms with Crippen molar-refractivity contribution < 1.29 is 0 Å². The van der Waals surface area contributed by atoms with Crippen LogP contribution in [0.1, 0.15) is 5.56 Å². The van der Waals surface area contributed by atoms with Gasteiger partial charge in [0.05, 0.1) is 11.4 Å². The van der Waals surface area contributed by atoms with E-state index in [0.717, 1.165) is 17.0 Å². The van der Waals surface area contributed by atoms with Gasteiger partial charge < -0.3 is 5.73 Å². The Morgan fingerprint density at radius 3 is 2.92 bits per heavy atom. The zero-order valence-electron chi connectivity index (χ0n) is 7.20. The van der Waals surface area contributed by atoms with Crippen molar-refractivity contribution in [2.75, 3.05) is 12.0 Å². The van der Waals surface area contributed by atoms with Gasteiger partial charge >= 0.3 is 0 Å². The first kappa shape index (κ1) is 8.01. The molecule has 0 saturated heterocycles. The molecule has 0 atom stereocenters. The monoisotopic (exact) mass is 173 g/mol. The van der Waals surface area contributed by atoms with Crippen LogP contribution < -0.4 is 11.2 Å². The number of fused-ring (bicyclic) bond motifs is 1. The van der Waals surface area contributed by atoms with Gasteiger partial charge in [0, 0.05) is 6.54 Å². The number of anilines is 1. The largest absolute Gasteiger partial charge is 0.325 e. The van der Waals surface area contributed by atoms with Crippen LogP contribution in [0.2, 0.25) is 0 Å². The lowest BCUT2D eigenvalue weighted by atomic mass is 10.1. The third-order valence-corrected chi connectivity index (χ3v) is 1.95. The molecule has 0 spiro atoms. The van der Waals surface area contributed by atoms with E-state index in [-0.39, 0.29) is 0 Å². The van der Waals surface area contributed by atoms with Gasteiger partial charge in [0.2, 0.25) is 0 Å². The summed E-state index contributed by atoms with van der Waals surface area (Å²) in [4.78, 5) is 0. The lowest BCUT2D eigenvalue weighted by Gasteiger charge is -2.01. The van der Waals surface area contributed by atoms with E-state index >= 15 is 0 Å². The summed E-state index contributed by atoms with van der Waals surface area (Å²) in [5, 5.41) is 4.14. The summed E-state index contributed by atoms with van der Waals surface area (Å²) in [6, 6.07) is 8.00. The van der Waals surface area contributed by atoms with Crippen molar-refractivity contribution in [1.82, 2.24) is 0 Å². The highest BCUT2D eigenvalue weighted by molar-refractivity contribution is 6.01. The Balaban J connectivity index is 2.39. The van der Waals surface area contributed by atoms with Crippen molar-refractivity contribution in [2.24, 2.45) is 10.8 Å². The Kier molecular flexibility index (Phi) is 2.10. The summed E-state index contributed by atoms with van der Waals surface area (Å²) >= 11 is 0. The molecule has 3 nitrogen and oxygen atoms in total. The molecule has 1 aromatic carbocycles. The fourth-order valence-corrected chi connectivity index (χ4v) is 1.21. The quantitative estimate of drug-likeness (QED) is 0.675. The van der Waals surface area contributed by atoms with Gasteiger partial charge in [0.1, 0.15) is 0 Å². The normalized spacial score (nSPS) is 14.1. The molecule has 0 fully saturated rings. The van der Waals surface area contributed by atoms with E-state index in [9.17, 15) is 0 Å². The van der Waals surface area contributed by atoms with Gasteiger partial charge in [-0.1, -0.05) is 24.3 Å². The zero-order chi connectivity index (χ0) is 9.10. The van der Waals surface area contributed by atoms with Crippen molar-refractivity contribution in [1.29, 1.82) is 0 Å². The zero-order valence-corrected chi connectivity index (χ0v) is 7.20. The minimum atomic E-state index is 0.456. The molecule has 0 radical (unpaired) electrons. The van der Waals surface area contributed by atoms with E-state index in [1.165, 1.54) is 0 Å². The first-order valence-corrected chi connectivity index (χ1v) is 4.20. The summed E-state index contributed by atoms with van der Waals surface area (Å²) < 4.78 is 0. The van der Waals surface area contributed by atoms with Crippen molar-refractivity contribution in [2.45, 2.75) is 0 Å². The summed E-state index contributed by atoms with van der Waals surface area (Å²) in [5.41, 5.74) is 11.5. The Morgan fingerprint density at radius 2 is 2.08 bits per heavy atom. The van der Waals surface area contributed by atoms with Crippen molar-refractivity contribution >= 4 is 17.5 Å². The first-order valence-electron chi connectivity index (χ1n) is 4.20. The number of para-hydroxylation sites is 1. The molecule has 0 saturated carbocycles. The van der Waals surface area contributed by atoms with E-state index in [4.69, 9.17) is 5.73 Å². The van der Waals surface area contributed by atoms with Crippen LogP contribution in [0.15, 0.2) is 35.4 Å². The fraction of sp³-hybridized carbons (Fsp3) is 0.100. The van der Waals surface area contributed by atoms with E-state index in [1.807, 2.05) is 36.4 Å². The molecule has 13 heavy (non-hydrogen) atoms. The number of rotatable bonds is 1. The van der Waals surface area contributed by atoms with Crippen LogP contribution in [-0.4, -0.2) is 12.3 Å². The van der Waals surface area contributed by atoms with Crippen molar-refractivity contribution in [3.8, 4) is 0 Å². The second kappa shape index (κ2) is 3.41. The van der Waals surface area contributed by atoms with Crippen LogP contribution in [0.5, 0.6) is 0 Å². The third-order valence-electron chi connectivity index (χ3n) is 1.95. The summed E-state index contributed by atoms with van der Waals surface area (Å²) in [5.74, 6) is 0. The predicted molar refractivity (Wildman–Crippen MR) is 55.6 cm³/mol. The summed E-state index contributed by atoms with van der Waals surface area (Å²) in [7, 11) is 0. The van der Waals surface area contributed by atoms with E-state index in [2.05, 4.69) is 10.5 Å². The first-order chi connectivity index (χ1) is 6.40. The number of nitrogens with one attached hydrogen (secondary N) is 1. The maximum Gasteiger partial charge on any atom is 0.0743 e. The highest BCUT2D eigenvalue weighted by Gasteiger charge is 2.01. The minimum absolute atomic E-state index is 0.456. The maximum atomic E-state index is 5.49. The molecule has 3 heteroatoms. The lowest BCUT2D eigenvalue weighted by Crippen LogP contribution is -2.11. The summed E-state index contributed by atoms with van der Waals surface area (Å²) in [6.45, 7) is 0.456. The summed E-state index contributed by atoms with van der Waals surface area (Å²) in [6.07, 6.45) is 3.94. The molecular weight excluding hydrogens is 162 g/mol. The number of hydrazone groups is 1. The van der Waals surface area contributed by atoms with E-state index in [1.54, 1.807) is 0 Å². The Labute approximate surface area is 77.0 Å². The van der Waals surface area contributed by atoms with Crippen molar-refractivity contribution in [3.05, 3.63) is 35.9 Å². The Bertz CT molecular complexity index is 366. The molecule has 3 N–H and O–H groups in total.